The van der Waals surface area contributed by atoms with Gasteiger partial charge in [0.25, 0.3) is 0 Å². The van der Waals surface area contributed by atoms with Gasteiger partial charge in [-0.05, 0) is 181 Å². The van der Waals surface area contributed by atoms with Crippen LogP contribution in [0.4, 0.5) is 34.1 Å². The topological polar surface area (TPSA) is 32.8 Å². The largest absolute Gasteiger partial charge is 0.454 e. The number of aryl methyl sites for hydroxylation is 1. The molecular weight excluding hydrogens is 1010 g/mol. The van der Waals surface area contributed by atoms with Gasteiger partial charge in [-0.3, -0.25) is 0 Å². The summed E-state index contributed by atoms with van der Waals surface area (Å²) >= 11 is 0. The maximum atomic E-state index is 6.90. The molecule has 13 aromatic rings. The molecule has 0 saturated carbocycles. The van der Waals surface area contributed by atoms with E-state index in [2.05, 4.69) is 265 Å². The number of allylic oxidation sites excluding steroid dienone is 1. The van der Waals surface area contributed by atoms with Crippen molar-refractivity contribution < 1.29 is 8.83 Å². The Kier molecular flexibility index (Phi) is 10.3. The van der Waals surface area contributed by atoms with Gasteiger partial charge in [-0.2, -0.15) is 0 Å². The molecule has 2 aromatic heterocycles. The molecule has 0 N–H and O–H groups in total. The Hall–Kier alpha value is -9.64. The molecule has 2 heterocycles. The fourth-order valence-corrected chi connectivity index (χ4v) is 15.2. The summed E-state index contributed by atoms with van der Waals surface area (Å²) in [5, 5.41) is 8.27. The minimum Gasteiger partial charge on any atom is -0.454 e. The maximum absolute atomic E-state index is 6.90. The molecule has 3 aliphatic rings. The first kappa shape index (κ1) is 49.2. The summed E-state index contributed by atoms with van der Waals surface area (Å²) < 4.78 is 13.8. The number of para-hydroxylation sites is 3. The highest BCUT2D eigenvalue weighted by atomic mass is 16.3. The number of benzene rings is 11. The molecule has 0 atom stereocenters. The van der Waals surface area contributed by atoms with Gasteiger partial charge in [0.05, 0.1) is 11.4 Å². The second-order valence-electron chi connectivity index (χ2n) is 24.8. The van der Waals surface area contributed by atoms with E-state index in [4.69, 9.17) is 8.83 Å². The molecule has 3 aliphatic carbocycles. The molecule has 0 aliphatic heterocycles. The van der Waals surface area contributed by atoms with Crippen LogP contribution in [0.15, 0.2) is 222 Å². The van der Waals surface area contributed by atoms with Crippen molar-refractivity contribution in [1.29, 1.82) is 0 Å². The lowest BCUT2D eigenvalue weighted by atomic mass is 9.67. The fourth-order valence-electron chi connectivity index (χ4n) is 15.2. The first-order chi connectivity index (χ1) is 40.3. The number of fused-ring (bicyclic) bond motifs is 14. The van der Waals surface area contributed by atoms with Gasteiger partial charge in [-0.1, -0.05) is 194 Å². The lowest BCUT2D eigenvalue weighted by molar-refractivity contribution is 0.603. The van der Waals surface area contributed by atoms with Crippen LogP contribution in [0.5, 0.6) is 0 Å². The van der Waals surface area contributed by atoms with E-state index < -0.39 is 0 Å². The highest BCUT2D eigenvalue weighted by Crippen LogP contribution is 2.57. The summed E-state index contributed by atoms with van der Waals surface area (Å²) in [6, 6.07) is 74.7. The van der Waals surface area contributed by atoms with E-state index >= 15 is 0 Å². The highest BCUT2D eigenvalue weighted by Gasteiger charge is 2.40. The number of anilines is 6. The second-order valence-corrected chi connectivity index (χ2v) is 24.8. The molecule has 83 heavy (non-hydrogen) atoms. The monoisotopic (exact) mass is 1070 g/mol. The normalized spacial score (nSPS) is 14.8. The van der Waals surface area contributed by atoms with Crippen LogP contribution in [-0.4, -0.2) is 0 Å². The summed E-state index contributed by atoms with van der Waals surface area (Å²) in [4.78, 5) is 4.86. The van der Waals surface area contributed by atoms with Crippen LogP contribution in [0.2, 0.25) is 0 Å². The third-order valence-corrected chi connectivity index (χ3v) is 19.3. The SMILES string of the molecule is C=Cc1c(/C=C\C)oc2c(N(c3ccc4c(c3)C(C)(C)c3ccccc3-4)c3ccc4c(c3)C(C)(C)c3cccc5c3c-4c(C)c3ccc(N(c4ccc6c(c4)C(C)(C)c4ccccc4-6)c4cccc6c4oc4ccccc46)cc35)cccc12. The molecule has 0 fully saturated rings. The fraction of sp³-hybridized carbons (Fsp3) is 0.139. The molecule has 4 heteroatoms. The van der Waals surface area contributed by atoms with Crippen molar-refractivity contribution >= 4 is 101 Å². The summed E-state index contributed by atoms with van der Waals surface area (Å²) in [5.41, 5.74) is 26.1. The van der Waals surface area contributed by atoms with E-state index in [0.29, 0.717) is 0 Å². The lowest BCUT2D eigenvalue weighted by Gasteiger charge is -2.38. The molecule has 0 unspecified atom stereocenters. The van der Waals surface area contributed by atoms with Crippen LogP contribution in [0, 0.1) is 6.92 Å². The number of furan rings is 2. The third-order valence-electron chi connectivity index (χ3n) is 19.3. The molecule has 16 rings (SSSR count). The van der Waals surface area contributed by atoms with Crippen LogP contribution in [0.3, 0.4) is 0 Å². The number of hydrogen-bond acceptors (Lipinski definition) is 4. The van der Waals surface area contributed by atoms with Crippen molar-refractivity contribution in [2.45, 2.75) is 71.6 Å². The Balaban J connectivity index is 0.893. The van der Waals surface area contributed by atoms with Gasteiger partial charge < -0.3 is 18.6 Å². The van der Waals surface area contributed by atoms with Gasteiger partial charge in [-0.25, -0.2) is 0 Å². The molecular formula is C79H62N2O2. The maximum Gasteiger partial charge on any atom is 0.159 e. The number of nitrogens with zero attached hydrogens (tertiary/aromatic N) is 2. The minimum absolute atomic E-state index is 0.177. The molecule has 0 amide bonds. The average molecular weight is 1070 g/mol. The molecule has 4 nitrogen and oxygen atoms in total. The van der Waals surface area contributed by atoms with Gasteiger partial charge in [0, 0.05) is 60.7 Å². The predicted molar refractivity (Wildman–Crippen MR) is 350 cm³/mol. The van der Waals surface area contributed by atoms with Gasteiger partial charge in [0.15, 0.2) is 11.2 Å². The van der Waals surface area contributed by atoms with E-state index in [0.717, 1.165) is 78.4 Å². The average Bonchev–Trinajstić information content (AvgIpc) is 2.88. The zero-order valence-electron chi connectivity index (χ0n) is 48.2. The first-order valence-corrected chi connectivity index (χ1v) is 29.2. The quantitative estimate of drug-likeness (QED) is 0.142. The van der Waals surface area contributed by atoms with Gasteiger partial charge in [0.1, 0.15) is 11.3 Å². The predicted octanol–water partition coefficient (Wildman–Crippen LogP) is 22.5. The number of rotatable bonds is 8. The zero-order valence-corrected chi connectivity index (χ0v) is 48.2. The Morgan fingerprint density at radius 3 is 1.49 bits per heavy atom. The molecule has 0 spiro atoms. The van der Waals surface area contributed by atoms with E-state index in [1.54, 1.807) is 0 Å². The van der Waals surface area contributed by atoms with Crippen molar-refractivity contribution in [3.05, 3.63) is 263 Å². The molecule has 0 saturated heterocycles. The van der Waals surface area contributed by atoms with E-state index in [9.17, 15) is 0 Å². The van der Waals surface area contributed by atoms with Crippen LogP contribution >= 0.6 is 0 Å². The van der Waals surface area contributed by atoms with Gasteiger partial charge >= 0.3 is 0 Å². The Morgan fingerprint density at radius 2 is 0.867 bits per heavy atom. The Morgan fingerprint density at radius 1 is 0.398 bits per heavy atom. The molecule has 0 bridgehead atoms. The van der Waals surface area contributed by atoms with E-state index in [-0.39, 0.29) is 16.2 Å². The highest BCUT2D eigenvalue weighted by molar-refractivity contribution is 6.20. The standard InChI is InChI=1S/C79H62N2O2/c1-10-21-71-51(11-2)59-26-19-31-69(75(59)82-71)81(49-36-40-56-54-23-13-16-29-64(54)78(6,7)67(56)44-49)50-37-41-61-68(45-50)79(8,9)65-30-18-25-58-62-42-47(34-38-52(62)46(3)73(61)74(58)65)80(70-32-20-27-60-57-24-14-17-33-72(57)83-76(60)70)48-35-39-55-53-22-12-15-28-63(53)77(4,5)66(55)43-48/h10-45H,2H2,1,3-9H3/b21-10-. The van der Waals surface area contributed by atoms with Crippen molar-refractivity contribution in [3.8, 4) is 33.4 Å². The van der Waals surface area contributed by atoms with Crippen molar-refractivity contribution in [3.63, 3.8) is 0 Å². The van der Waals surface area contributed by atoms with Crippen LogP contribution in [-0.2, 0) is 16.2 Å². The third kappa shape index (κ3) is 6.75. The summed E-state index contributed by atoms with van der Waals surface area (Å²) in [7, 11) is 0. The zero-order chi connectivity index (χ0) is 56.4. The van der Waals surface area contributed by atoms with Crippen molar-refractivity contribution in [2.24, 2.45) is 0 Å². The van der Waals surface area contributed by atoms with E-state index in [1.165, 1.54) is 93.9 Å². The van der Waals surface area contributed by atoms with Gasteiger partial charge in [-0.15, -0.1) is 0 Å². The van der Waals surface area contributed by atoms with E-state index in [1.807, 2.05) is 25.2 Å². The molecule has 0 radical (unpaired) electrons. The van der Waals surface area contributed by atoms with Crippen molar-refractivity contribution in [2.75, 3.05) is 9.80 Å². The van der Waals surface area contributed by atoms with Crippen LogP contribution in [0.1, 0.15) is 98.7 Å². The second kappa shape index (κ2) is 17.4. The summed E-state index contributed by atoms with van der Waals surface area (Å²) in [5.74, 6) is 0.802. The smallest absolute Gasteiger partial charge is 0.159 e. The minimum atomic E-state index is -0.383. The first-order valence-electron chi connectivity index (χ1n) is 29.2. The van der Waals surface area contributed by atoms with Crippen LogP contribution in [0.25, 0.3) is 100.0 Å². The molecule has 11 aromatic carbocycles. The lowest BCUT2D eigenvalue weighted by Crippen LogP contribution is -2.25. The number of hydrogen-bond donors (Lipinski definition) is 0. The Bertz CT molecular complexity index is 5010. The molecule has 400 valence electrons. The summed E-state index contributed by atoms with van der Waals surface area (Å²) in [6.07, 6.45) is 5.99. The summed E-state index contributed by atoms with van der Waals surface area (Å²) in [6.45, 7) is 22.9. The van der Waals surface area contributed by atoms with Crippen LogP contribution < -0.4 is 9.80 Å². The Labute approximate surface area is 484 Å². The van der Waals surface area contributed by atoms with Gasteiger partial charge in [0.2, 0.25) is 0 Å². The van der Waals surface area contributed by atoms with Crippen molar-refractivity contribution in [1.82, 2.24) is 0 Å².